The number of aryl methyl sites for hydroxylation is 1. The Morgan fingerprint density at radius 1 is 1.08 bits per heavy atom. The summed E-state index contributed by atoms with van der Waals surface area (Å²) in [6.07, 6.45) is 0.795. The lowest BCUT2D eigenvalue weighted by Crippen LogP contribution is -2.30. The Balaban J connectivity index is 1.54. The highest BCUT2D eigenvalue weighted by atomic mass is 16.6. The van der Waals surface area contributed by atoms with Gasteiger partial charge >= 0.3 is 6.08 Å². The summed E-state index contributed by atoms with van der Waals surface area (Å²) in [6, 6.07) is 20.6. The predicted octanol–water partition coefficient (Wildman–Crippen LogP) is 3.10. The highest BCUT2D eigenvalue weighted by Gasteiger charge is 2.14. The molecule has 0 spiro atoms. The van der Waals surface area contributed by atoms with Gasteiger partial charge in [0.15, 0.2) is 12.4 Å². The maximum atomic E-state index is 12.0. The Labute approximate surface area is 152 Å². The third-order valence-electron chi connectivity index (χ3n) is 3.99. The van der Waals surface area contributed by atoms with Crippen LogP contribution in [0.15, 0.2) is 65.2 Å². The number of hydrogen-bond donors (Lipinski definition) is 1. The van der Waals surface area contributed by atoms with Crippen molar-refractivity contribution in [3.8, 4) is 6.08 Å². The number of ether oxygens (including phenoxy) is 1. The summed E-state index contributed by atoms with van der Waals surface area (Å²) in [5.74, 6) is 0.465. The number of nitrogens with zero attached hydrogens (tertiary/aromatic N) is 2. The zero-order valence-corrected chi connectivity index (χ0v) is 14.6. The minimum absolute atomic E-state index is 0.00379. The van der Waals surface area contributed by atoms with E-state index in [0.717, 1.165) is 6.42 Å². The van der Waals surface area contributed by atoms with Crippen molar-refractivity contribution in [2.24, 2.45) is 0 Å². The van der Waals surface area contributed by atoms with E-state index in [1.807, 2.05) is 36.4 Å². The largest absolute Gasteiger partial charge is 0.439 e. The molecular formula is C20H21N3O3. The van der Waals surface area contributed by atoms with E-state index in [9.17, 15) is 4.79 Å². The van der Waals surface area contributed by atoms with Crippen molar-refractivity contribution in [1.82, 2.24) is 15.5 Å². The number of hydrogen-bond acceptors (Lipinski definition) is 5. The maximum Gasteiger partial charge on any atom is 0.417 e. The molecule has 0 atom stereocenters. The normalized spacial score (nSPS) is 10.7. The topological polar surface area (TPSA) is 77.2 Å². The molecule has 3 rings (SSSR count). The molecule has 1 amide bonds. The zero-order valence-electron chi connectivity index (χ0n) is 14.6. The molecular weight excluding hydrogens is 330 g/mol. The van der Waals surface area contributed by atoms with Gasteiger partial charge in [-0.05, 0) is 24.5 Å². The fraction of sp³-hybridized carbons (Fsp3) is 0.250. The van der Waals surface area contributed by atoms with Gasteiger partial charge in [-0.3, -0.25) is 9.32 Å². The lowest BCUT2D eigenvalue weighted by molar-refractivity contribution is -0.123. The molecule has 0 unspecified atom stereocenters. The number of carbonyl (C=O) groups is 1. The van der Waals surface area contributed by atoms with Crippen LogP contribution < -0.4 is 10.1 Å². The quantitative estimate of drug-likeness (QED) is 0.675. The Morgan fingerprint density at radius 3 is 2.23 bits per heavy atom. The highest BCUT2D eigenvalue weighted by molar-refractivity contribution is 5.77. The van der Waals surface area contributed by atoms with Crippen LogP contribution in [0.5, 0.6) is 6.08 Å². The third kappa shape index (κ3) is 4.92. The first-order chi connectivity index (χ1) is 12.7. The molecule has 1 N–H and O–H groups in total. The number of amides is 1. The van der Waals surface area contributed by atoms with Gasteiger partial charge in [0.2, 0.25) is 0 Å². The minimum Gasteiger partial charge on any atom is -0.439 e. The summed E-state index contributed by atoms with van der Waals surface area (Å²) in [5.41, 5.74) is 2.45. The van der Waals surface area contributed by atoms with Gasteiger partial charge in [0.05, 0.1) is 0 Å². The average molecular weight is 351 g/mol. The first-order valence-corrected chi connectivity index (χ1v) is 8.52. The monoisotopic (exact) mass is 351 g/mol. The molecule has 6 nitrogen and oxygen atoms in total. The van der Waals surface area contributed by atoms with Crippen LogP contribution in [0.4, 0.5) is 0 Å². The fourth-order valence-electron chi connectivity index (χ4n) is 2.77. The third-order valence-corrected chi connectivity index (χ3v) is 3.99. The van der Waals surface area contributed by atoms with Crippen LogP contribution in [0.25, 0.3) is 0 Å². The van der Waals surface area contributed by atoms with E-state index in [0.29, 0.717) is 12.4 Å². The molecule has 0 saturated heterocycles. The summed E-state index contributed by atoms with van der Waals surface area (Å²) < 4.78 is 9.97. The first kappa shape index (κ1) is 17.7. The van der Waals surface area contributed by atoms with Crippen LogP contribution in [0.1, 0.15) is 29.3 Å². The fourth-order valence-corrected chi connectivity index (χ4v) is 2.77. The number of carbonyl (C=O) groups excluding carboxylic acids is 1. The molecule has 0 radical (unpaired) electrons. The van der Waals surface area contributed by atoms with Crippen molar-refractivity contribution in [3.05, 3.63) is 77.6 Å². The standard InChI is InChI=1S/C20H21N3O3/c1-15-22-20(26-23-15)25-14-19(24)21-13-12-18(16-8-4-2-5-9-16)17-10-6-3-7-11-17/h2-11,18H,12-14H2,1H3,(H,21,24). The molecule has 2 aromatic carbocycles. The maximum absolute atomic E-state index is 12.0. The smallest absolute Gasteiger partial charge is 0.417 e. The molecule has 3 aromatic rings. The SMILES string of the molecule is Cc1noc(OCC(=O)NCCC(c2ccccc2)c2ccccc2)n1. The minimum atomic E-state index is -0.222. The van der Waals surface area contributed by atoms with Gasteiger partial charge in [0.25, 0.3) is 5.91 Å². The summed E-state index contributed by atoms with van der Waals surface area (Å²) >= 11 is 0. The number of rotatable bonds is 8. The van der Waals surface area contributed by atoms with Crippen LogP contribution in [0, 0.1) is 6.92 Å². The van der Waals surface area contributed by atoms with Gasteiger partial charge in [0.1, 0.15) is 0 Å². The van der Waals surface area contributed by atoms with E-state index in [2.05, 4.69) is 39.7 Å². The molecule has 0 fully saturated rings. The van der Waals surface area contributed by atoms with Gasteiger partial charge in [-0.25, -0.2) is 0 Å². The second-order valence-electron chi connectivity index (χ2n) is 5.91. The Bertz CT molecular complexity index is 779. The molecule has 1 heterocycles. The van der Waals surface area contributed by atoms with Crippen LogP contribution in [0.3, 0.4) is 0 Å². The Hall–Kier alpha value is -3.15. The molecule has 134 valence electrons. The highest BCUT2D eigenvalue weighted by Crippen LogP contribution is 2.27. The molecule has 26 heavy (non-hydrogen) atoms. The molecule has 1 aromatic heterocycles. The van der Waals surface area contributed by atoms with Gasteiger partial charge in [0, 0.05) is 12.5 Å². The number of aromatic nitrogens is 2. The van der Waals surface area contributed by atoms with Crippen LogP contribution in [0.2, 0.25) is 0 Å². The molecule has 0 saturated carbocycles. The van der Waals surface area contributed by atoms with E-state index in [-0.39, 0.29) is 24.5 Å². The summed E-state index contributed by atoms with van der Waals surface area (Å²) in [5, 5.41) is 6.48. The number of nitrogens with one attached hydrogen (secondary N) is 1. The van der Waals surface area contributed by atoms with E-state index in [1.165, 1.54) is 11.1 Å². The van der Waals surface area contributed by atoms with Crippen LogP contribution >= 0.6 is 0 Å². The lowest BCUT2D eigenvalue weighted by Gasteiger charge is -2.18. The Kier molecular flexibility index (Phi) is 5.98. The molecule has 0 bridgehead atoms. The first-order valence-electron chi connectivity index (χ1n) is 8.52. The van der Waals surface area contributed by atoms with Crippen molar-refractivity contribution < 1.29 is 14.1 Å². The van der Waals surface area contributed by atoms with Crippen LogP contribution in [-0.2, 0) is 4.79 Å². The molecule has 0 aliphatic carbocycles. The average Bonchev–Trinajstić information content (AvgIpc) is 3.10. The second kappa shape index (κ2) is 8.80. The summed E-state index contributed by atoms with van der Waals surface area (Å²) in [4.78, 5) is 15.8. The molecule has 6 heteroatoms. The predicted molar refractivity (Wildman–Crippen MR) is 96.9 cm³/mol. The molecule has 0 aliphatic rings. The van der Waals surface area contributed by atoms with Gasteiger partial charge in [-0.15, -0.1) is 0 Å². The lowest BCUT2D eigenvalue weighted by atomic mass is 9.88. The second-order valence-corrected chi connectivity index (χ2v) is 5.91. The zero-order chi connectivity index (χ0) is 18.2. The van der Waals surface area contributed by atoms with Crippen LogP contribution in [-0.4, -0.2) is 29.2 Å². The van der Waals surface area contributed by atoms with Gasteiger partial charge < -0.3 is 10.1 Å². The van der Waals surface area contributed by atoms with E-state index in [1.54, 1.807) is 6.92 Å². The summed E-state index contributed by atoms with van der Waals surface area (Å²) in [7, 11) is 0. The molecule has 0 aliphatic heterocycles. The Morgan fingerprint density at radius 2 is 1.69 bits per heavy atom. The van der Waals surface area contributed by atoms with Crippen molar-refractivity contribution >= 4 is 5.91 Å². The van der Waals surface area contributed by atoms with Crippen molar-refractivity contribution in [2.45, 2.75) is 19.3 Å². The van der Waals surface area contributed by atoms with Crippen molar-refractivity contribution in [3.63, 3.8) is 0 Å². The van der Waals surface area contributed by atoms with Gasteiger partial charge in [-0.1, -0.05) is 65.8 Å². The van der Waals surface area contributed by atoms with Crippen molar-refractivity contribution in [2.75, 3.05) is 13.2 Å². The van der Waals surface area contributed by atoms with Gasteiger partial charge in [-0.2, -0.15) is 4.98 Å². The van der Waals surface area contributed by atoms with E-state index in [4.69, 9.17) is 9.26 Å². The number of benzene rings is 2. The van der Waals surface area contributed by atoms with Crippen molar-refractivity contribution in [1.29, 1.82) is 0 Å². The summed E-state index contributed by atoms with van der Waals surface area (Å²) in [6.45, 7) is 2.08. The van der Waals surface area contributed by atoms with E-state index >= 15 is 0 Å². The van der Waals surface area contributed by atoms with E-state index < -0.39 is 0 Å².